The van der Waals surface area contributed by atoms with Gasteiger partial charge in [-0.2, -0.15) is 0 Å². The summed E-state index contributed by atoms with van der Waals surface area (Å²) in [5.74, 6) is 0.410. The van der Waals surface area contributed by atoms with E-state index in [1.54, 1.807) is 0 Å². The molecule has 2 rings (SSSR count). The molecule has 0 aromatic rings. The fourth-order valence-electron chi connectivity index (χ4n) is 2.74. The van der Waals surface area contributed by atoms with Crippen LogP contribution in [0.2, 0.25) is 13.1 Å². The number of rotatable bonds is 1. The highest BCUT2D eigenvalue weighted by Gasteiger charge is 2.39. The lowest BCUT2D eigenvalue weighted by atomic mass is 9.86. The maximum atomic E-state index is 9.99. The molecular formula is C11H20O2Si. The number of hydrogen-bond donors (Lipinski definition) is 1. The van der Waals surface area contributed by atoms with Gasteiger partial charge in [0.2, 0.25) is 8.32 Å². The van der Waals surface area contributed by atoms with Crippen molar-refractivity contribution in [1.82, 2.24) is 0 Å². The van der Waals surface area contributed by atoms with Crippen LogP contribution in [-0.4, -0.2) is 26.1 Å². The van der Waals surface area contributed by atoms with Gasteiger partial charge in [-0.1, -0.05) is 24.1 Å². The van der Waals surface area contributed by atoms with Gasteiger partial charge in [0.05, 0.1) is 12.7 Å². The van der Waals surface area contributed by atoms with E-state index in [0.717, 1.165) is 19.4 Å². The summed E-state index contributed by atoms with van der Waals surface area (Å²) in [6.07, 6.45) is 6.71. The van der Waals surface area contributed by atoms with Gasteiger partial charge in [-0.05, 0) is 25.9 Å². The summed E-state index contributed by atoms with van der Waals surface area (Å²) in [6, 6.07) is 0. The molecule has 0 radical (unpaired) electrons. The normalized spacial score (nSPS) is 36.9. The van der Waals surface area contributed by atoms with E-state index < -0.39 is 8.32 Å². The van der Waals surface area contributed by atoms with Crippen molar-refractivity contribution in [3.63, 3.8) is 0 Å². The third-order valence-corrected chi connectivity index (χ3v) is 6.43. The van der Waals surface area contributed by atoms with Crippen LogP contribution in [0.15, 0.2) is 11.3 Å². The van der Waals surface area contributed by atoms with Crippen LogP contribution in [-0.2, 0) is 4.43 Å². The molecular weight excluding hydrogens is 192 g/mol. The molecule has 14 heavy (non-hydrogen) atoms. The first-order valence-electron chi connectivity index (χ1n) is 5.64. The molecule has 0 aromatic carbocycles. The van der Waals surface area contributed by atoms with Gasteiger partial charge in [0.1, 0.15) is 0 Å². The van der Waals surface area contributed by atoms with E-state index in [9.17, 15) is 5.11 Å². The number of aliphatic hydroxyl groups excluding tert-OH is 1. The summed E-state index contributed by atoms with van der Waals surface area (Å²) in [5.41, 5.74) is 0. The van der Waals surface area contributed by atoms with Gasteiger partial charge in [0.15, 0.2) is 0 Å². The Labute approximate surface area is 87.1 Å². The quantitative estimate of drug-likeness (QED) is 0.675. The van der Waals surface area contributed by atoms with Gasteiger partial charge in [-0.15, -0.1) is 0 Å². The standard InChI is InChI=1S/C11H20O2Si/c1-14(2)11(7-8-13-14)9-5-3-4-6-10(9)12/h7,9-10,12H,3-6,8H2,1-2H3/t9-,10-/m0/s1. The van der Waals surface area contributed by atoms with E-state index in [1.165, 1.54) is 18.0 Å². The van der Waals surface area contributed by atoms with Crippen molar-refractivity contribution in [2.45, 2.75) is 44.9 Å². The zero-order chi connectivity index (χ0) is 10.2. The second-order valence-corrected chi connectivity index (χ2v) is 8.83. The van der Waals surface area contributed by atoms with Gasteiger partial charge in [-0.3, -0.25) is 0 Å². The average Bonchev–Trinajstić information content (AvgIpc) is 2.46. The Balaban J connectivity index is 2.13. The van der Waals surface area contributed by atoms with Crippen LogP contribution in [0.3, 0.4) is 0 Å². The van der Waals surface area contributed by atoms with E-state index in [4.69, 9.17) is 4.43 Å². The predicted molar refractivity (Wildman–Crippen MR) is 59.5 cm³/mol. The largest absolute Gasteiger partial charge is 0.410 e. The molecule has 0 aromatic heterocycles. The molecule has 0 saturated heterocycles. The molecule has 1 fully saturated rings. The van der Waals surface area contributed by atoms with Crippen LogP contribution in [0.25, 0.3) is 0 Å². The molecule has 0 spiro atoms. The molecule has 1 aliphatic heterocycles. The Kier molecular flexibility index (Phi) is 2.82. The van der Waals surface area contributed by atoms with Crippen molar-refractivity contribution >= 4 is 8.32 Å². The molecule has 2 nitrogen and oxygen atoms in total. The fraction of sp³-hybridized carbons (Fsp3) is 0.818. The lowest BCUT2D eigenvalue weighted by Crippen LogP contribution is -2.38. The van der Waals surface area contributed by atoms with Gasteiger partial charge in [0, 0.05) is 5.92 Å². The van der Waals surface area contributed by atoms with E-state index in [2.05, 4.69) is 19.2 Å². The first kappa shape index (κ1) is 10.4. The van der Waals surface area contributed by atoms with Gasteiger partial charge in [-0.25, -0.2) is 0 Å². The van der Waals surface area contributed by atoms with Crippen molar-refractivity contribution < 1.29 is 9.53 Å². The van der Waals surface area contributed by atoms with Crippen molar-refractivity contribution in [3.05, 3.63) is 11.3 Å². The van der Waals surface area contributed by atoms with Crippen LogP contribution in [0.5, 0.6) is 0 Å². The zero-order valence-electron chi connectivity index (χ0n) is 9.12. The summed E-state index contributed by atoms with van der Waals surface area (Å²) < 4.78 is 5.79. The molecule has 0 amide bonds. The lowest BCUT2D eigenvalue weighted by Gasteiger charge is -2.33. The highest BCUT2D eigenvalue weighted by atomic mass is 28.4. The predicted octanol–water partition coefficient (Wildman–Crippen LogP) is 2.24. The van der Waals surface area contributed by atoms with Crippen molar-refractivity contribution in [3.8, 4) is 0 Å². The molecule has 80 valence electrons. The fourth-order valence-corrected chi connectivity index (χ4v) is 5.21. The van der Waals surface area contributed by atoms with Crippen LogP contribution < -0.4 is 0 Å². The van der Waals surface area contributed by atoms with Crippen LogP contribution in [0.1, 0.15) is 25.7 Å². The summed E-state index contributed by atoms with van der Waals surface area (Å²) in [5, 5.41) is 11.5. The van der Waals surface area contributed by atoms with Gasteiger partial charge >= 0.3 is 0 Å². The molecule has 1 N–H and O–H groups in total. The molecule has 1 saturated carbocycles. The lowest BCUT2D eigenvalue weighted by molar-refractivity contribution is 0.0898. The van der Waals surface area contributed by atoms with E-state index in [-0.39, 0.29) is 6.10 Å². The Morgan fingerprint density at radius 1 is 1.36 bits per heavy atom. The highest BCUT2D eigenvalue weighted by molar-refractivity contribution is 6.79. The zero-order valence-corrected chi connectivity index (χ0v) is 10.1. The van der Waals surface area contributed by atoms with E-state index in [0.29, 0.717) is 5.92 Å². The first-order chi connectivity index (χ1) is 6.61. The summed E-state index contributed by atoms with van der Waals surface area (Å²) in [7, 11) is -1.60. The SMILES string of the molecule is C[Si]1(C)OCC=C1[C@H]1CCCC[C@@H]1O. The second kappa shape index (κ2) is 3.80. The summed E-state index contributed by atoms with van der Waals surface area (Å²) in [4.78, 5) is 0. The Morgan fingerprint density at radius 2 is 2.07 bits per heavy atom. The summed E-state index contributed by atoms with van der Waals surface area (Å²) in [6.45, 7) is 5.26. The van der Waals surface area contributed by atoms with Crippen LogP contribution in [0.4, 0.5) is 0 Å². The van der Waals surface area contributed by atoms with E-state index >= 15 is 0 Å². The summed E-state index contributed by atoms with van der Waals surface area (Å²) >= 11 is 0. The highest BCUT2D eigenvalue weighted by Crippen LogP contribution is 2.37. The Morgan fingerprint density at radius 3 is 2.64 bits per heavy atom. The minimum absolute atomic E-state index is 0.108. The smallest absolute Gasteiger partial charge is 0.214 e. The molecule has 2 aliphatic rings. The van der Waals surface area contributed by atoms with Gasteiger partial charge in [0.25, 0.3) is 0 Å². The van der Waals surface area contributed by atoms with Gasteiger partial charge < -0.3 is 9.53 Å². The van der Waals surface area contributed by atoms with Crippen LogP contribution in [0, 0.1) is 5.92 Å². The maximum absolute atomic E-state index is 9.99. The average molecular weight is 212 g/mol. The van der Waals surface area contributed by atoms with Crippen molar-refractivity contribution in [1.29, 1.82) is 0 Å². The molecule has 0 bridgehead atoms. The number of aliphatic hydroxyl groups is 1. The third kappa shape index (κ3) is 1.81. The molecule has 1 aliphatic carbocycles. The topological polar surface area (TPSA) is 29.5 Å². The first-order valence-corrected chi connectivity index (χ1v) is 8.54. The number of hydrogen-bond acceptors (Lipinski definition) is 2. The third-order valence-electron chi connectivity index (χ3n) is 3.57. The van der Waals surface area contributed by atoms with E-state index in [1.807, 2.05) is 0 Å². The molecule has 3 heteroatoms. The second-order valence-electron chi connectivity index (χ2n) is 4.94. The Bertz CT molecular complexity index is 248. The van der Waals surface area contributed by atoms with Crippen molar-refractivity contribution in [2.24, 2.45) is 5.92 Å². The molecule has 0 unspecified atom stereocenters. The maximum Gasteiger partial charge on any atom is 0.214 e. The monoisotopic (exact) mass is 212 g/mol. The Hall–Kier alpha value is -0.123. The minimum atomic E-state index is -1.60. The van der Waals surface area contributed by atoms with Crippen LogP contribution >= 0.6 is 0 Å². The van der Waals surface area contributed by atoms with Crippen molar-refractivity contribution in [2.75, 3.05) is 6.61 Å². The minimum Gasteiger partial charge on any atom is -0.410 e. The molecule has 1 heterocycles. The molecule has 2 atom stereocenters.